The Labute approximate surface area is 128 Å². The molecule has 0 aromatic heterocycles. The Kier molecular flexibility index (Phi) is 5.26. The van der Waals surface area contributed by atoms with Gasteiger partial charge in [0.2, 0.25) is 5.91 Å². The number of nitro benzene ring substituents is 1. The van der Waals surface area contributed by atoms with E-state index in [0.717, 1.165) is 12.8 Å². The van der Waals surface area contributed by atoms with Gasteiger partial charge in [-0.25, -0.2) is 0 Å². The number of hydrogen-bond acceptors (Lipinski definition) is 4. The minimum Gasteiger partial charge on any atom is -0.327 e. The number of nitrogens with zero attached hydrogens (tertiary/aromatic N) is 3. The van der Waals surface area contributed by atoms with E-state index in [4.69, 9.17) is 5.26 Å². The van der Waals surface area contributed by atoms with Crippen LogP contribution in [0, 0.1) is 21.4 Å². The van der Waals surface area contributed by atoms with Gasteiger partial charge in [-0.1, -0.05) is 24.3 Å². The van der Waals surface area contributed by atoms with Crippen LogP contribution >= 0.6 is 0 Å². The highest BCUT2D eigenvalue weighted by Gasteiger charge is 2.27. The van der Waals surface area contributed by atoms with Crippen molar-refractivity contribution in [3.8, 4) is 6.07 Å². The number of allylic oxidation sites excluding steroid dienone is 1. The van der Waals surface area contributed by atoms with Crippen molar-refractivity contribution in [2.75, 3.05) is 6.54 Å². The van der Waals surface area contributed by atoms with Gasteiger partial charge in [0.25, 0.3) is 5.69 Å². The van der Waals surface area contributed by atoms with Crippen molar-refractivity contribution < 1.29 is 9.72 Å². The smallest absolute Gasteiger partial charge is 0.276 e. The lowest BCUT2D eigenvalue weighted by atomic mass is 10.1. The van der Waals surface area contributed by atoms with Crippen LogP contribution in [0.3, 0.4) is 0 Å². The molecule has 1 amide bonds. The summed E-state index contributed by atoms with van der Waals surface area (Å²) >= 11 is 0. The maximum atomic E-state index is 12.0. The summed E-state index contributed by atoms with van der Waals surface area (Å²) in [5.74, 6) is -0.0312. The molecule has 1 atom stereocenters. The van der Waals surface area contributed by atoms with Crippen LogP contribution in [0.1, 0.15) is 31.2 Å². The Bertz CT molecular complexity index is 634. The van der Waals surface area contributed by atoms with Crippen LogP contribution in [0.25, 0.3) is 6.08 Å². The van der Waals surface area contributed by atoms with Gasteiger partial charge in [0, 0.05) is 19.0 Å². The number of amides is 1. The third-order valence-electron chi connectivity index (χ3n) is 3.68. The molecule has 0 spiro atoms. The summed E-state index contributed by atoms with van der Waals surface area (Å²) in [7, 11) is 0. The fourth-order valence-corrected chi connectivity index (χ4v) is 2.55. The summed E-state index contributed by atoms with van der Waals surface area (Å²) in [4.78, 5) is 24.1. The number of hydrogen-bond donors (Lipinski definition) is 0. The zero-order valence-corrected chi connectivity index (χ0v) is 12.1. The number of nitro groups is 1. The minimum atomic E-state index is -0.424. The molecule has 1 heterocycles. The largest absolute Gasteiger partial charge is 0.327 e. The molecule has 1 saturated heterocycles. The first-order valence-electron chi connectivity index (χ1n) is 7.22. The number of likely N-dealkylation sites (tertiary alicyclic amines) is 1. The fraction of sp³-hybridized carbons (Fsp3) is 0.375. The van der Waals surface area contributed by atoms with Crippen molar-refractivity contribution in [1.29, 1.82) is 5.26 Å². The molecule has 1 fully saturated rings. The van der Waals surface area contributed by atoms with Crippen molar-refractivity contribution in [3.05, 3.63) is 46.0 Å². The number of carbonyl (C=O) groups excluding carboxylic acids is 1. The van der Waals surface area contributed by atoms with Crippen LogP contribution in [0.2, 0.25) is 0 Å². The van der Waals surface area contributed by atoms with E-state index < -0.39 is 4.92 Å². The summed E-state index contributed by atoms with van der Waals surface area (Å²) in [5, 5.41) is 19.9. The van der Waals surface area contributed by atoms with E-state index in [2.05, 4.69) is 6.07 Å². The van der Waals surface area contributed by atoms with Crippen LogP contribution < -0.4 is 0 Å². The molecule has 0 aliphatic carbocycles. The summed E-state index contributed by atoms with van der Waals surface area (Å²) < 4.78 is 0. The normalized spacial score (nSPS) is 17.6. The van der Waals surface area contributed by atoms with Crippen molar-refractivity contribution in [1.82, 2.24) is 4.90 Å². The monoisotopic (exact) mass is 299 g/mol. The summed E-state index contributed by atoms with van der Waals surface area (Å²) in [6, 6.07) is 8.32. The lowest BCUT2D eigenvalue weighted by molar-refractivity contribution is -0.385. The maximum Gasteiger partial charge on any atom is 0.276 e. The Morgan fingerprint density at radius 1 is 1.50 bits per heavy atom. The molecule has 1 aromatic carbocycles. The molecule has 0 saturated carbocycles. The highest BCUT2D eigenvalue weighted by molar-refractivity contribution is 5.77. The van der Waals surface area contributed by atoms with Crippen molar-refractivity contribution in [3.63, 3.8) is 0 Å². The average Bonchev–Trinajstić information content (AvgIpc) is 3.00. The Morgan fingerprint density at radius 2 is 2.27 bits per heavy atom. The summed E-state index contributed by atoms with van der Waals surface area (Å²) in [6.45, 7) is 0.644. The number of nitriles is 1. The number of carbonyl (C=O) groups is 1. The molecular weight excluding hydrogens is 282 g/mol. The molecule has 22 heavy (non-hydrogen) atoms. The van der Waals surface area contributed by atoms with Crippen LogP contribution in [-0.4, -0.2) is 28.3 Å². The second kappa shape index (κ2) is 7.36. The molecule has 0 bridgehead atoms. The maximum absolute atomic E-state index is 12.0. The number of para-hydroxylation sites is 1. The molecule has 1 aliphatic rings. The quantitative estimate of drug-likeness (QED) is 0.617. The van der Waals surface area contributed by atoms with E-state index in [9.17, 15) is 14.9 Å². The van der Waals surface area contributed by atoms with Gasteiger partial charge < -0.3 is 4.90 Å². The van der Waals surface area contributed by atoms with Crippen molar-refractivity contribution >= 4 is 17.7 Å². The summed E-state index contributed by atoms with van der Waals surface area (Å²) in [6.07, 6.45) is 5.86. The highest BCUT2D eigenvalue weighted by Crippen LogP contribution is 2.20. The molecule has 2 rings (SSSR count). The summed E-state index contributed by atoms with van der Waals surface area (Å²) in [5.41, 5.74) is 0.574. The first-order valence-corrected chi connectivity index (χ1v) is 7.22. The molecule has 0 radical (unpaired) electrons. The number of rotatable bonds is 5. The van der Waals surface area contributed by atoms with Gasteiger partial charge >= 0.3 is 0 Å². The van der Waals surface area contributed by atoms with E-state index in [0.29, 0.717) is 24.9 Å². The fourth-order valence-electron chi connectivity index (χ4n) is 2.55. The minimum absolute atomic E-state index is 0.0312. The van der Waals surface area contributed by atoms with E-state index in [-0.39, 0.29) is 17.6 Å². The van der Waals surface area contributed by atoms with E-state index in [1.165, 1.54) is 6.07 Å². The molecule has 1 aliphatic heterocycles. The van der Waals surface area contributed by atoms with Gasteiger partial charge in [0.15, 0.2) is 0 Å². The van der Waals surface area contributed by atoms with Gasteiger partial charge in [0.1, 0.15) is 6.04 Å². The van der Waals surface area contributed by atoms with Gasteiger partial charge in [-0.2, -0.15) is 5.26 Å². The van der Waals surface area contributed by atoms with Crippen LogP contribution in [0.4, 0.5) is 5.69 Å². The predicted octanol–water partition coefficient (Wildman–Crippen LogP) is 2.90. The van der Waals surface area contributed by atoms with E-state index in [1.807, 2.05) is 0 Å². The average molecular weight is 299 g/mol. The van der Waals surface area contributed by atoms with Gasteiger partial charge in [-0.3, -0.25) is 14.9 Å². The van der Waals surface area contributed by atoms with Crippen molar-refractivity contribution in [2.45, 2.75) is 31.7 Å². The topological polar surface area (TPSA) is 87.2 Å². The second-order valence-corrected chi connectivity index (χ2v) is 5.13. The number of benzene rings is 1. The standard InChI is InChI=1S/C16H17N3O3/c17-12-14-8-5-11-18(14)16(20)10-4-2-7-13-6-1-3-9-15(13)19(21)22/h1-3,6-7,9,14H,4-5,8,10-11H2. The third kappa shape index (κ3) is 3.70. The SMILES string of the molecule is N#CC1CCCN1C(=O)CCC=Cc1ccccc1[N+](=O)[O-]. The van der Waals surface area contributed by atoms with Crippen LogP contribution in [0.5, 0.6) is 0 Å². The molecule has 6 nitrogen and oxygen atoms in total. The lowest BCUT2D eigenvalue weighted by Gasteiger charge is -2.18. The van der Waals surface area contributed by atoms with Gasteiger partial charge in [-0.05, 0) is 25.3 Å². The third-order valence-corrected chi connectivity index (χ3v) is 3.68. The molecule has 6 heteroatoms. The van der Waals surface area contributed by atoms with Gasteiger partial charge in [0.05, 0.1) is 16.6 Å². The predicted molar refractivity (Wildman–Crippen MR) is 81.7 cm³/mol. The molecule has 0 N–H and O–H groups in total. The van der Waals surface area contributed by atoms with Gasteiger partial charge in [-0.15, -0.1) is 0 Å². The lowest BCUT2D eigenvalue weighted by Crippen LogP contribution is -2.34. The Hall–Kier alpha value is -2.68. The highest BCUT2D eigenvalue weighted by atomic mass is 16.6. The Balaban J connectivity index is 1.90. The van der Waals surface area contributed by atoms with Crippen LogP contribution in [0.15, 0.2) is 30.3 Å². The van der Waals surface area contributed by atoms with E-state index >= 15 is 0 Å². The zero-order chi connectivity index (χ0) is 15.9. The van der Waals surface area contributed by atoms with E-state index in [1.54, 1.807) is 35.3 Å². The Morgan fingerprint density at radius 3 is 3.00 bits per heavy atom. The molecule has 1 unspecified atom stereocenters. The molecule has 1 aromatic rings. The van der Waals surface area contributed by atoms with Crippen LogP contribution in [-0.2, 0) is 4.79 Å². The van der Waals surface area contributed by atoms with Crippen molar-refractivity contribution in [2.24, 2.45) is 0 Å². The first kappa shape index (κ1) is 15.7. The molecular formula is C16H17N3O3. The molecule has 114 valence electrons. The first-order chi connectivity index (χ1) is 10.6. The second-order valence-electron chi connectivity index (χ2n) is 5.13. The zero-order valence-electron chi connectivity index (χ0n) is 12.1.